The number of rotatable bonds is 2. The molecule has 3 heteroatoms. The summed E-state index contributed by atoms with van der Waals surface area (Å²) in [5, 5.41) is 0. The Labute approximate surface area is 105 Å². The van der Waals surface area contributed by atoms with Crippen LogP contribution in [0, 0.1) is 6.92 Å². The molecule has 2 unspecified atom stereocenters. The Hall–Kier alpha value is -1.32. The molecule has 0 radical (unpaired) electrons. The van der Waals surface area contributed by atoms with Crippen molar-refractivity contribution in [1.82, 2.24) is 0 Å². The summed E-state index contributed by atoms with van der Waals surface area (Å²) in [5.74, 6) is 0.987. The van der Waals surface area contributed by atoms with Crippen LogP contribution in [-0.4, -0.2) is 6.10 Å². The van der Waals surface area contributed by atoms with Crippen LogP contribution in [0.25, 0.3) is 0 Å². The first kappa shape index (κ1) is 10.8. The molecule has 1 aromatic heterocycles. The van der Waals surface area contributed by atoms with E-state index in [9.17, 15) is 0 Å². The van der Waals surface area contributed by atoms with Gasteiger partial charge < -0.3 is 10.5 Å². The third kappa shape index (κ3) is 1.96. The van der Waals surface area contributed by atoms with Crippen molar-refractivity contribution in [1.29, 1.82) is 0 Å². The highest BCUT2D eigenvalue weighted by Gasteiger charge is 2.29. The molecule has 2 atom stereocenters. The van der Waals surface area contributed by atoms with Gasteiger partial charge in [-0.25, -0.2) is 0 Å². The van der Waals surface area contributed by atoms with Crippen LogP contribution < -0.4 is 10.5 Å². The largest absolute Gasteiger partial charge is 0.488 e. The van der Waals surface area contributed by atoms with E-state index in [0.717, 1.165) is 12.2 Å². The maximum atomic E-state index is 6.28. The molecule has 1 aliphatic rings. The zero-order valence-corrected chi connectivity index (χ0v) is 10.5. The summed E-state index contributed by atoms with van der Waals surface area (Å²) in [7, 11) is 0. The van der Waals surface area contributed by atoms with Crippen molar-refractivity contribution in [2.45, 2.75) is 25.5 Å². The molecule has 2 N–H and O–H groups in total. The van der Waals surface area contributed by atoms with E-state index < -0.39 is 0 Å². The molecule has 0 amide bonds. The number of ether oxygens (including phenoxy) is 1. The quantitative estimate of drug-likeness (QED) is 0.882. The summed E-state index contributed by atoms with van der Waals surface area (Å²) in [4.78, 5) is 2.51. The Bertz CT molecular complexity index is 510. The van der Waals surface area contributed by atoms with Gasteiger partial charge in [0.2, 0.25) is 0 Å². The summed E-state index contributed by atoms with van der Waals surface area (Å²) in [6.07, 6.45) is 0.985. The van der Waals surface area contributed by atoms with Gasteiger partial charge in [0.25, 0.3) is 0 Å². The maximum Gasteiger partial charge on any atom is 0.123 e. The van der Waals surface area contributed by atoms with E-state index in [0.29, 0.717) is 0 Å². The van der Waals surface area contributed by atoms with Crippen molar-refractivity contribution >= 4 is 11.3 Å². The molecule has 1 aromatic carbocycles. The highest BCUT2D eigenvalue weighted by atomic mass is 32.1. The van der Waals surface area contributed by atoms with Gasteiger partial charge in [-0.15, -0.1) is 11.3 Å². The van der Waals surface area contributed by atoms with Crippen LogP contribution in [-0.2, 0) is 6.42 Å². The standard InChI is InChI=1S/C14H15NOS/c1-9-6-7-13(17-9)14(15)12-8-10-4-2-3-5-11(10)16-12/h2-7,12,14H,8,15H2,1H3. The third-order valence-corrected chi connectivity index (χ3v) is 4.26. The Kier molecular flexibility index (Phi) is 2.65. The molecule has 2 nitrogen and oxygen atoms in total. The van der Waals surface area contributed by atoms with Crippen molar-refractivity contribution < 1.29 is 4.74 Å². The molecular weight excluding hydrogens is 230 g/mol. The monoisotopic (exact) mass is 245 g/mol. The van der Waals surface area contributed by atoms with Gasteiger partial charge in [-0.3, -0.25) is 0 Å². The molecular formula is C14H15NOS. The first-order valence-corrected chi connectivity index (χ1v) is 6.62. The third-order valence-electron chi connectivity index (χ3n) is 3.16. The SMILES string of the molecule is Cc1ccc(C(N)C2Cc3ccccc3O2)s1. The zero-order valence-electron chi connectivity index (χ0n) is 9.72. The molecule has 0 fully saturated rings. The minimum atomic E-state index is -0.0268. The molecule has 0 bridgehead atoms. The van der Waals surface area contributed by atoms with Crippen molar-refractivity contribution in [3.05, 3.63) is 51.7 Å². The lowest BCUT2D eigenvalue weighted by molar-refractivity contribution is 0.201. The summed E-state index contributed by atoms with van der Waals surface area (Å²) >= 11 is 1.76. The van der Waals surface area contributed by atoms with Crippen LogP contribution >= 0.6 is 11.3 Å². The van der Waals surface area contributed by atoms with Gasteiger partial charge >= 0.3 is 0 Å². The van der Waals surface area contributed by atoms with E-state index in [2.05, 4.69) is 25.1 Å². The van der Waals surface area contributed by atoms with E-state index in [1.165, 1.54) is 15.3 Å². The average molecular weight is 245 g/mol. The molecule has 0 spiro atoms. The van der Waals surface area contributed by atoms with Crippen molar-refractivity contribution in [3.63, 3.8) is 0 Å². The molecule has 1 aliphatic heterocycles. The lowest BCUT2D eigenvalue weighted by atomic mass is 10.0. The van der Waals surface area contributed by atoms with E-state index in [4.69, 9.17) is 10.5 Å². The molecule has 0 saturated carbocycles. The second kappa shape index (κ2) is 4.17. The second-order valence-electron chi connectivity index (χ2n) is 4.44. The fraction of sp³-hybridized carbons (Fsp3) is 0.286. The fourth-order valence-electron chi connectivity index (χ4n) is 2.22. The van der Waals surface area contributed by atoms with Crippen LogP contribution in [0.15, 0.2) is 36.4 Å². The lowest BCUT2D eigenvalue weighted by Gasteiger charge is -2.17. The number of hydrogen-bond donors (Lipinski definition) is 1. The summed E-state index contributed by atoms with van der Waals surface area (Å²) < 4.78 is 5.91. The molecule has 2 heterocycles. The van der Waals surface area contributed by atoms with E-state index in [-0.39, 0.29) is 12.1 Å². The Morgan fingerprint density at radius 2 is 2.12 bits per heavy atom. The number of fused-ring (bicyclic) bond motifs is 1. The average Bonchev–Trinajstić information content (AvgIpc) is 2.93. The fourth-order valence-corrected chi connectivity index (χ4v) is 3.16. The molecule has 0 aliphatic carbocycles. The minimum absolute atomic E-state index is 0.0268. The Morgan fingerprint density at radius 1 is 1.29 bits per heavy atom. The number of para-hydroxylation sites is 1. The van der Waals surface area contributed by atoms with Gasteiger partial charge in [0.15, 0.2) is 0 Å². The van der Waals surface area contributed by atoms with Gasteiger partial charge in [0, 0.05) is 16.2 Å². The van der Waals surface area contributed by atoms with Crippen LogP contribution in [0.2, 0.25) is 0 Å². The van der Waals surface area contributed by atoms with Crippen molar-refractivity contribution in [2.75, 3.05) is 0 Å². The predicted octanol–water partition coefficient (Wildman–Crippen LogP) is 3.06. The van der Waals surface area contributed by atoms with Crippen molar-refractivity contribution in [3.8, 4) is 5.75 Å². The van der Waals surface area contributed by atoms with Gasteiger partial charge in [0.05, 0.1) is 6.04 Å². The maximum absolute atomic E-state index is 6.28. The number of hydrogen-bond acceptors (Lipinski definition) is 3. The summed E-state index contributed by atoms with van der Waals surface area (Å²) in [6.45, 7) is 2.10. The number of thiophene rings is 1. The van der Waals surface area contributed by atoms with Crippen molar-refractivity contribution in [2.24, 2.45) is 5.73 Å². The molecule has 3 rings (SSSR count). The Balaban J connectivity index is 1.80. The number of benzene rings is 1. The minimum Gasteiger partial charge on any atom is -0.488 e. The van der Waals surface area contributed by atoms with Gasteiger partial charge in [0.1, 0.15) is 11.9 Å². The van der Waals surface area contributed by atoms with Crippen LogP contribution in [0.4, 0.5) is 0 Å². The second-order valence-corrected chi connectivity index (χ2v) is 5.76. The van der Waals surface area contributed by atoms with E-state index >= 15 is 0 Å². The smallest absolute Gasteiger partial charge is 0.123 e. The molecule has 0 saturated heterocycles. The van der Waals surface area contributed by atoms with Gasteiger partial charge in [-0.1, -0.05) is 18.2 Å². The Morgan fingerprint density at radius 3 is 2.82 bits per heavy atom. The molecule has 88 valence electrons. The highest BCUT2D eigenvalue weighted by Crippen LogP contribution is 2.34. The summed E-state index contributed by atoms with van der Waals surface area (Å²) in [6, 6.07) is 12.4. The molecule has 17 heavy (non-hydrogen) atoms. The topological polar surface area (TPSA) is 35.2 Å². The first-order valence-electron chi connectivity index (χ1n) is 5.80. The molecule has 2 aromatic rings. The summed E-state index contributed by atoms with van der Waals surface area (Å²) in [5.41, 5.74) is 7.54. The van der Waals surface area contributed by atoms with Crippen LogP contribution in [0.1, 0.15) is 21.4 Å². The predicted molar refractivity (Wildman–Crippen MR) is 70.5 cm³/mol. The zero-order chi connectivity index (χ0) is 11.8. The van der Waals surface area contributed by atoms with Gasteiger partial charge in [-0.05, 0) is 30.7 Å². The lowest BCUT2D eigenvalue weighted by Crippen LogP contribution is -2.29. The normalized spacial score (nSPS) is 19.8. The van der Waals surface area contributed by atoms with Crippen LogP contribution in [0.3, 0.4) is 0 Å². The van der Waals surface area contributed by atoms with E-state index in [1.54, 1.807) is 11.3 Å². The number of aryl methyl sites for hydroxylation is 1. The highest BCUT2D eigenvalue weighted by molar-refractivity contribution is 7.12. The van der Waals surface area contributed by atoms with Crippen LogP contribution in [0.5, 0.6) is 5.75 Å². The first-order chi connectivity index (χ1) is 8.24. The number of nitrogens with two attached hydrogens (primary N) is 1. The van der Waals surface area contributed by atoms with Gasteiger partial charge in [-0.2, -0.15) is 0 Å². The van der Waals surface area contributed by atoms with E-state index in [1.807, 2.05) is 18.2 Å².